The summed E-state index contributed by atoms with van der Waals surface area (Å²) in [5, 5.41) is 0.449. The number of hydrogen-bond donors (Lipinski definition) is 2. The van der Waals surface area contributed by atoms with Crippen molar-refractivity contribution in [1.82, 2.24) is 15.8 Å². The maximum Gasteiger partial charge on any atom is 0.257 e. The maximum atomic E-state index is 12.0. The van der Waals surface area contributed by atoms with Gasteiger partial charge < -0.3 is 4.42 Å². The number of aromatic nitrogens is 1. The molecule has 2 bridgehead atoms. The van der Waals surface area contributed by atoms with Crippen LogP contribution >= 0.6 is 11.8 Å². The Balaban J connectivity index is 1.19. The van der Waals surface area contributed by atoms with Crippen LogP contribution < -0.4 is 10.9 Å². The fraction of sp³-hybridized carbons (Fsp3) is 0.500. The Morgan fingerprint density at radius 1 is 1.16 bits per heavy atom. The van der Waals surface area contributed by atoms with Crippen LogP contribution in [-0.4, -0.2) is 22.6 Å². The molecule has 0 saturated heterocycles. The molecule has 2 aromatic rings. The zero-order valence-electron chi connectivity index (χ0n) is 13.9. The van der Waals surface area contributed by atoms with E-state index >= 15 is 0 Å². The monoisotopic (exact) mass is 359 g/mol. The first kappa shape index (κ1) is 16.4. The quantitative estimate of drug-likeness (QED) is 0.633. The molecule has 2 amide bonds. The van der Waals surface area contributed by atoms with Gasteiger partial charge in [0.15, 0.2) is 5.58 Å². The molecule has 2 aliphatic carbocycles. The zero-order valence-corrected chi connectivity index (χ0v) is 14.7. The van der Waals surface area contributed by atoms with Crippen molar-refractivity contribution in [3.63, 3.8) is 0 Å². The lowest BCUT2D eigenvalue weighted by molar-refractivity contribution is -0.128. The van der Waals surface area contributed by atoms with Gasteiger partial charge in [-0.2, -0.15) is 0 Å². The lowest BCUT2D eigenvalue weighted by Crippen LogP contribution is -2.43. The normalized spacial score (nSPS) is 24.6. The Kier molecular flexibility index (Phi) is 4.65. The van der Waals surface area contributed by atoms with Crippen LogP contribution in [0.1, 0.15) is 32.1 Å². The summed E-state index contributed by atoms with van der Waals surface area (Å²) in [6.07, 6.45) is 5.55. The van der Waals surface area contributed by atoms with Crippen LogP contribution in [0.15, 0.2) is 33.9 Å². The van der Waals surface area contributed by atoms with Crippen molar-refractivity contribution in [1.29, 1.82) is 0 Å². The molecule has 6 nitrogen and oxygen atoms in total. The van der Waals surface area contributed by atoms with E-state index in [0.717, 1.165) is 11.4 Å². The molecule has 4 rings (SSSR count). The standard InChI is InChI=1S/C18H21N3O3S/c22-16(9-13-8-11-5-6-12(13)7-11)20-21-17(23)10-25-18-19-14-3-1-2-4-15(14)24-18/h1-4,11-13H,5-10H2,(H,20,22)(H,21,23)/t11-,12-,13-/m1/s1. The van der Waals surface area contributed by atoms with Gasteiger partial charge in [0, 0.05) is 6.42 Å². The first-order valence-electron chi connectivity index (χ1n) is 8.73. The van der Waals surface area contributed by atoms with Crippen LogP contribution in [0.5, 0.6) is 0 Å². The minimum absolute atomic E-state index is 0.0993. The van der Waals surface area contributed by atoms with E-state index in [4.69, 9.17) is 4.42 Å². The number of benzene rings is 1. The van der Waals surface area contributed by atoms with Crippen LogP contribution in [0.25, 0.3) is 11.1 Å². The third-order valence-corrected chi connectivity index (χ3v) is 6.10. The molecular weight excluding hydrogens is 338 g/mol. The fourth-order valence-electron chi connectivity index (χ4n) is 4.13. The van der Waals surface area contributed by atoms with Crippen LogP contribution in [0, 0.1) is 17.8 Å². The first-order valence-corrected chi connectivity index (χ1v) is 9.72. The number of carbonyl (C=O) groups excluding carboxylic acids is 2. The van der Waals surface area contributed by atoms with Crippen LogP contribution in [0.3, 0.4) is 0 Å². The van der Waals surface area contributed by atoms with Crippen molar-refractivity contribution >= 4 is 34.7 Å². The Labute approximate surface area is 150 Å². The van der Waals surface area contributed by atoms with Crippen molar-refractivity contribution < 1.29 is 14.0 Å². The predicted octanol–water partition coefficient (Wildman–Crippen LogP) is 2.89. The molecule has 2 fully saturated rings. The molecule has 0 aliphatic heterocycles. The molecule has 25 heavy (non-hydrogen) atoms. The molecule has 1 aromatic heterocycles. The van der Waals surface area contributed by atoms with Gasteiger partial charge in [-0.25, -0.2) is 4.98 Å². The molecule has 1 heterocycles. The van der Waals surface area contributed by atoms with Gasteiger partial charge in [-0.3, -0.25) is 20.4 Å². The van der Waals surface area contributed by atoms with Crippen molar-refractivity contribution in [3.8, 4) is 0 Å². The van der Waals surface area contributed by atoms with Gasteiger partial charge in [0.25, 0.3) is 5.22 Å². The van der Waals surface area contributed by atoms with E-state index in [0.29, 0.717) is 29.1 Å². The molecule has 7 heteroatoms. The third-order valence-electron chi connectivity index (χ3n) is 5.27. The molecule has 3 atom stereocenters. The molecule has 0 spiro atoms. The molecule has 2 aliphatic rings. The summed E-state index contributed by atoms with van der Waals surface area (Å²) in [6, 6.07) is 7.46. The SMILES string of the molecule is O=C(CSc1nc2ccccc2o1)NNC(=O)C[C@H]1C[C@@H]2CC[C@@H]1C2. The number of hydrogen-bond acceptors (Lipinski definition) is 5. The van der Waals surface area contributed by atoms with Gasteiger partial charge in [0.2, 0.25) is 11.8 Å². The Hall–Kier alpha value is -2.02. The number of amides is 2. The lowest BCUT2D eigenvalue weighted by atomic mass is 9.86. The molecule has 0 radical (unpaired) electrons. The Morgan fingerprint density at radius 2 is 2.00 bits per heavy atom. The second kappa shape index (κ2) is 7.07. The minimum atomic E-state index is -0.270. The van der Waals surface area contributed by atoms with E-state index in [9.17, 15) is 9.59 Å². The van der Waals surface area contributed by atoms with Gasteiger partial charge in [-0.1, -0.05) is 30.3 Å². The van der Waals surface area contributed by atoms with Gasteiger partial charge in [-0.05, 0) is 49.1 Å². The molecule has 2 saturated carbocycles. The Morgan fingerprint density at radius 3 is 2.76 bits per heavy atom. The van der Waals surface area contributed by atoms with Crippen molar-refractivity contribution in [3.05, 3.63) is 24.3 Å². The summed E-state index contributed by atoms with van der Waals surface area (Å²) < 4.78 is 5.55. The topological polar surface area (TPSA) is 84.2 Å². The summed E-state index contributed by atoms with van der Waals surface area (Å²) in [7, 11) is 0. The van der Waals surface area contributed by atoms with E-state index in [2.05, 4.69) is 15.8 Å². The fourth-order valence-corrected chi connectivity index (χ4v) is 4.77. The van der Waals surface area contributed by atoms with Gasteiger partial charge in [0.1, 0.15) is 5.52 Å². The predicted molar refractivity (Wildman–Crippen MR) is 94.6 cm³/mol. The first-order chi connectivity index (χ1) is 12.2. The lowest BCUT2D eigenvalue weighted by Gasteiger charge is -2.20. The molecule has 2 N–H and O–H groups in total. The summed E-state index contributed by atoms with van der Waals surface area (Å²) in [4.78, 5) is 28.2. The highest BCUT2D eigenvalue weighted by Gasteiger charge is 2.40. The highest BCUT2D eigenvalue weighted by Crippen LogP contribution is 2.49. The van der Waals surface area contributed by atoms with Gasteiger partial charge >= 0.3 is 0 Å². The number of thioether (sulfide) groups is 1. The second-order valence-corrected chi connectivity index (χ2v) is 7.90. The average molecular weight is 359 g/mol. The number of nitrogens with zero attached hydrogens (tertiary/aromatic N) is 1. The number of carbonyl (C=O) groups is 2. The summed E-state index contributed by atoms with van der Waals surface area (Å²) in [5.74, 6) is 1.80. The number of hydrazine groups is 1. The van der Waals surface area contributed by atoms with E-state index in [-0.39, 0.29) is 17.6 Å². The highest BCUT2D eigenvalue weighted by molar-refractivity contribution is 7.99. The van der Waals surface area contributed by atoms with Gasteiger partial charge in [0.05, 0.1) is 5.75 Å². The van der Waals surface area contributed by atoms with Crippen LogP contribution in [-0.2, 0) is 9.59 Å². The maximum absolute atomic E-state index is 12.0. The highest BCUT2D eigenvalue weighted by atomic mass is 32.2. The van der Waals surface area contributed by atoms with E-state index in [1.54, 1.807) is 0 Å². The van der Waals surface area contributed by atoms with Crippen LogP contribution in [0.2, 0.25) is 0 Å². The number of rotatable bonds is 5. The smallest absolute Gasteiger partial charge is 0.257 e. The van der Waals surface area contributed by atoms with Crippen molar-refractivity contribution in [2.75, 3.05) is 5.75 Å². The number of nitrogens with one attached hydrogen (secondary N) is 2. The molecule has 0 unspecified atom stereocenters. The number of para-hydroxylation sites is 2. The summed E-state index contributed by atoms with van der Waals surface area (Å²) in [6.45, 7) is 0. The number of oxazole rings is 1. The summed E-state index contributed by atoms with van der Waals surface area (Å²) in [5.41, 5.74) is 6.47. The van der Waals surface area contributed by atoms with E-state index in [1.807, 2.05) is 24.3 Å². The molecule has 1 aromatic carbocycles. The summed E-state index contributed by atoms with van der Waals surface area (Å²) >= 11 is 1.21. The third kappa shape index (κ3) is 3.81. The van der Waals surface area contributed by atoms with Crippen molar-refractivity contribution in [2.45, 2.75) is 37.3 Å². The van der Waals surface area contributed by atoms with E-state index < -0.39 is 0 Å². The van der Waals surface area contributed by atoms with Gasteiger partial charge in [-0.15, -0.1) is 0 Å². The largest absolute Gasteiger partial charge is 0.431 e. The Bertz CT molecular complexity index is 758. The zero-order chi connectivity index (χ0) is 17.2. The minimum Gasteiger partial charge on any atom is -0.431 e. The van der Waals surface area contributed by atoms with Crippen LogP contribution in [0.4, 0.5) is 0 Å². The average Bonchev–Trinajstić information content (AvgIpc) is 3.32. The van der Waals surface area contributed by atoms with E-state index in [1.165, 1.54) is 37.4 Å². The number of fused-ring (bicyclic) bond motifs is 3. The molecular formula is C18H21N3O3S. The molecule has 132 valence electrons. The second-order valence-electron chi connectivity index (χ2n) is 6.97. The van der Waals surface area contributed by atoms with Crippen molar-refractivity contribution in [2.24, 2.45) is 17.8 Å².